The van der Waals surface area contributed by atoms with Crippen LogP contribution in [0.2, 0.25) is 5.02 Å². The molecule has 0 atom stereocenters. The fourth-order valence-electron chi connectivity index (χ4n) is 3.40. The van der Waals surface area contributed by atoms with Crippen molar-refractivity contribution in [2.75, 3.05) is 23.3 Å². The fourth-order valence-corrected chi connectivity index (χ4v) is 3.53. The number of anilines is 2. The van der Waals surface area contributed by atoms with Crippen LogP contribution in [0.3, 0.4) is 0 Å². The largest absolute Gasteiger partial charge is 0.354 e. The molecule has 1 aliphatic heterocycles. The maximum absolute atomic E-state index is 12.9. The number of benzene rings is 2. The van der Waals surface area contributed by atoms with Crippen LogP contribution in [-0.2, 0) is 12.8 Å². The van der Waals surface area contributed by atoms with E-state index in [2.05, 4.69) is 21.4 Å². The number of halogens is 1. The maximum Gasteiger partial charge on any atom is 0.261 e. The van der Waals surface area contributed by atoms with Crippen molar-refractivity contribution in [3.05, 3.63) is 82.6 Å². The number of rotatable bonds is 5. The molecule has 0 radical (unpaired) electrons. The van der Waals surface area contributed by atoms with Crippen molar-refractivity contribution >= 4 is 29.1 Å². The molecule has 0 spiro atoms. The van der Waals surface area contributed by atoms with E-state index in [9.17, 15) is 4.79 Å². The van der Waals surface area contributed by atoms with Gasteiger partial charge in [0, 0.05) is 36.2 Å². The summed E-state index contributed by atoms with van der Waals surface area (Å²) in [6, 6.07) is 15.8. The summed E-state index contributed by atoms with van der Waals surface area (Å²) in [5.74, 6) is 0.462. The van der Waals surface area contributed by atoms with E-state index in [4.69, 9.17) is 11.6 Å². The van der Waals surface area contributed by atoms with Crippen molar-refractivity contribution in [2.45, 2.75) is 19.3 Å². The molecule has 4 rings (SSSR count). The lowest BCUT2D eigenvalue weighted by Crippen LogP contribution is -2.35. The third-order valence-corrected chi connectivity index (χ3v) is 5.12. The molecule has 1 aliphatic rings. The van der Waals surface area contributed by atoms with E-state index in [0.29, 0.717) is 18.1 Å². The molecule has 0 saturated heterocycles. The van der Waals surface area contributed by atoms with Crippen LogP contribution in [0.1, 0.15) is 27.9 Å². The molecule has 5 nitrogen and oxygen atoms in total. The lowest BCUT2D eigenvalue weighted by molar-refractivity contribution is 0.0984. The fraction of sp³-hybridized carbons (Fsp3) is 0.227. The highest BCUT2D eigenvalue weighted by molar-refractivity contribution is 6.30. The first-order valence-electron chi connectivity index (χ1n) is 9.41. The Morgan fingerprint density at radius 2 is 1.82 bits per heavy atom. The molecule has 0 saturated carbocycles. The molecule has 0 fully saturated rings. The highest BCUT2D eigenvalue weighted by atomic mass is 35.5. The highest BCUT2D eigenvalue weighted by Gasteiger charge is 2.23. The Kier molecular flexibility index (Phi) is 5.53. The number of nitrogens with zero attached hydrogens (tertiary/aromatic N) is 3. The van der Waals surface area contributed by atoms with Crippen LogP contribution < -0.4 is 10.2 Å². The van der Waals surface area contributed by atoms with Crippen LogP contribution in [0.25, 0.3) is 0 Å². The number of amides is 1. The summed E-state index contributed by atoms with van der Waals surface area (Å²) < 4.78 is 0. The van der Waals surface area contributed by atoms with Gasteiger partial charge < -0.3 is 10.2 Å². The Morgan fingerprint density at radius 1 is 1.07 bits per heavy atom. The van der Waals surface area contributed by atoms with Crippen LogP contribution in [0.15, 0.2) is 60.9 Å². The van der Waals surface area contributed by atoms with Crippen LogP contribution >= 0.6 is 11.6 Å². The van der Waals surface area contributed by atoms with Gasteiger partial charge in [-0.05, 0) is 48.6 Å². The molecule has 0 unspecified atom stereocenters. The first-order chi connectivity index (χ1) is 13.7. The van der Waals surface area contributed by atoms with Crippen LogP contribution in [0, 0.1) is 0 Å². The summed E-state index contributed by atoms with van der Waals surface area (Å²) in [6.45, 7) is 1.42. The zero-order chi connectivity index (χ0) is 19.3. The molecule has 6 heteroatoms. The van der Waals surface area contributed by atoms with E-state index in [-0.39, 0.29) is 5.91 Å². The van der Waals surface area contributed by atoms with E-state index >= 15 is 0 Å². The zero-order valence-corrected chi connectivity index (χ0v) is 16.2. The number of fused-ring (bicyclic) bond motifs is 1. The molecule has 142 valence electrons. The summed E-state index contributed by atoms with van der Waals surface area (Å²) in [5.41, 5.74) is 3.89. The highest BCUT2D eigenvalue weighted by Crippen LogP contribution is 2.27. The summed E-state index contributed by atoms with van der Waals surface area (Å²) in [5, 5.41) is 3.92. The SMILES string of the molecule is O=C(c1cnc(NCCc2ccc(Cl)cc2)nc1)N1CCCc2ccccc21. The molecule has 1 amide bonds. The Morgan fingerprint density at radius 3 is 2.61 bits per heavy atom. The van der Waals surface area contributed by atoms with Crippen molar-refractivity contribution in [1.82, 2.24) is 9.97 Å². The third-order valence-electron chi connectivity index (χ3n) is 4.86. The summed E-state index contributed by atoms with van der Waals surface area (Å²) in [4.78, 5) is 23.3. The number of carbonyl (C=O) groups excluding carboxylic acids is 1. The lowest BCUT2D eigenvalue weighted by Gasteiger charge is -2.29. The van der Waals surface area contributed by atoms with E-state index in [1.807, 2.05) is 47.4 Å². The second-order valence-electron chi connectivity index (χ2n) is 6.79. The summed E-state index contributed by atoms with van der Waals surface area (Å²) in [6.07, 6.45) is 6.00. The minimum atomic E-state index is -0.0557. The van der Waals surface area contributed by atoms with E-state index < -0.39 is 0 Å². The molecular formula is C22H21ClN4O. The minimum absolute atomic E-state index is 0.0557. The standard InChI is InChI=1S/C22H21ClN4O/c23-19-9-7-16(8-10-19)11-12-24-22-25-14-18(15-26-22)21(28)27-13-3-5-17-4-1-2-6-20(17)27/h1-2,4,6-10,14-15H,3,5,11-13H2,(H,24,25,26). The van der Waals surface area contributed by atoms with Gasteiger partial charge in [0.1, 0.15) is 0 Å². The molecule has 0 aliphatic carbocycles. The van der Waals surface area contributed by atoms with Crippen LogP contribution in [0.4, 0.5) is 11.6 Å². The third kappa shape index (κ3) is 4.15. The molecule has 28 heavy (non-hydrogen) atoms. The molecular weight excluding hydrogens is 372 g/mol. The minimum Gasteiger partial charge on any atom is -0.354 e. The summed E-state index contributed by atoms with van der Waals surface area (Å²) >= 11 is 5.90. The van der Waals surface area contributed by atoms with Crippen molar-refractivity contribution < 1.29 is 4.79 Å². The van der Waals surface area contributed by atoms with Gasteiger partial charge in [0.25, 0.3) is 5.91 Å². The average Bonchev–Trinajstić information content (AvgIpc) is 2.75. The Bertz CT molecular complexity index is 957. The first kappa shape index (κ1) is 18.4. The molecule has 1 N–H and O–H groups in total. The van der Waals surface area contributed by atoms with E-state index in [0.717, 1.165) is 36.5 Å². The van der Waals surface area contributed by atoms with Crippen LogP contribution in [-0.4, -0.2) is 29.0 Å². The lowest BCUT2D eigenvalue weighted by atomic mass is 10.0. The van der Waals surface area contributed by atoms with Gasteiger partial charge in [0.15, 0.2) is 0 Å². The molecule has 3 aromatic rings. The average molecular weight is 393 g/mol. The molecule has 0 bridgehead atoms. The summed E-state index contributed by atoms with van der Waals surface area (Å²) in [7, 11) is 0. The number of para-hydroxylation sites is 1. The van der Waals surface area contributed by atoms with E-state index in [1.54, 1.807) is 12.4 Å². The number of hydrogen-bond donors (Lipinski definition) is 1. The van der Waals surface area contributed by atoms with Gasteiger partial charge in [0.2, 0.25) is 5.95 Å². The zero-order valence-electron chi connectivity index (χ0n) is 15.4. The number of aryl methyl sites for hydroxylation is 1. The van der Waals surface area contributed by atoms with Gasteiger partial charge in [-0.25, -0.2) is 9.97 Å². The number of nitrogens with one attached hydrogen (secondary N) is 1. The quantitative estimate of drug-likeness (QED) is 0.700. The van der Waals surface area contributed by atoms with Gasteiger partial charge in [-0.15, -0.1) is 0 Å². The topological polar surface area (TPSA) is 58.1 Å². The number of carbonyl (C=O) groups is 1. The van der Waals surface area contributed by atoms with Gasteiger partial charge in [-0.2, -0.15) is 0 Å². The number of hydrogen-bond acceptors (Lipinski definition) is 4. The smallest absolute Gasteiger partial charge is 0.261 e. The Balaban J connectivity index is 1.38. The molecule has 2 aromatic carbocycles. The maximum atomic E-state index is 12.9. The van der Waals surface area contributed by atoms with Gasteiger partial charge in [-0.3, -0.25) is 4.79 Å². The van der Waals surface area contributed by atoms with Crippen molar-refractivity contribution in [3.63, 3.8) is 0 Å². The number of aromatic nitrogens is 2. The van der Waals surface area contributed by atoms with E-state index in [1.165, 1.54) is 11.1 Å². The van der Waals surface area contributed by atoms with Crippen molar-refractivity contribution in [3.8, 4) is 0 Å². The van der Waals surface area contributed by atoms with Crippen molar-refractivity contribution in [2.24, 2.45) is 0 Å². The van der Waals surface area contributed by atoms with Gasteiger partial charge in [-0.1, -0.05) is 41.9 Å². The van der Waals surface area contributed by atoms with Gasteiger partial charge >= 0.3 is 0 Å². The predicted octanol–water partition coefficient (Wildman–Crippen LogP) is 4.38. The molecule has 1 aromatic heterocycles. The monoisotopic (exact) mass is 392 g/mol. The predicted molar refractivity (Wildman–Crippen MR) is 112 cm³/mol. The Hall–Kier alpha value is -2.92. The van der Waals surface area contributed by atoms with Crippen molar-refractivity contribution in [1.29, 1.82) is 0 Å². The normalized spacial score (nSPS) is 13.1. The van der Waals surface area contributed by atoms with Gasteiger partial charge in [0.05, 0.1) is 5.56 Å². The molecule has 2 heterocycles. The van der Waals surface area contributed by atoms with Crippen LogP contribution in [0.5, 0.6) is 0 Å². The Labute approximate surface area is 169 Å². The second-order valence-corrected chi connectivity index (χ2v) is 7.22. The second kappa shape index (κ2) is 8.40. The first-order valence-corrected chi connectivity index (χ1v) is 9.78.